The van der Waals surface area contributed by atoms with Crippen molar-refractivity contribution >= 4 is 16.6 Å². The molecule has 0 fully saturated rings. The lowest BCUT2D eigenvalue weighted by Crippen LogP contribution is -2.13. The molecule has 0 unspecified atom stereocenters. The zero-order valence-electron chi connectivity index (χ0n) is 19.0. The number of pyridine rings is 3. The van der Waals surface area contributed by atoms with Gasteiger partial charge in [-0.2, -0.15) is 0 Å². The minimum absolute atomic E-state index is 0.0220. The third-order valence-corrected chi connectivity index (χ3v) is 6.16. The van der Waals surface area contributed by atoms with Gasteiger partial charge in [-0.25, -0.2) is 4.98 Å². The third kappa shape index (κ3) is 4.11. The summed E-state index contributed by atoms with van der Waals surface area (Å²) < 4.78 is 2.02. The van der Waals surface area contributed by atoms with Crippen LogP contribution in [0.25, 0.3) is 38.9 Å². The van der Waals surface area contributed by atoms with E-state index in [1.807, 2.05) is 71.4 Å². The molecule has 0 aliphatic rings. The molecule has 170 valence electrons. The van der Waals surface area contributed by atoms with E-state index in [1.54, 1.807) is 12.4 Å². The molecule has 6 heteroatoms. The van der Waals surface area contributed by atoms with Gasteiger partial charge in [0.1, 0.15) is 5.65 Å². The number of hydrogen-bond acceptors (Lipinski definition) is 4. The van der Waals surface area contributed by atoms with Gasteiger partial charge in [-0.15, -0.1) is 0 Å². The second-order valence-electron chi connectivity index (χ2n) is 8.49. The van der Waals surface area contributed by atoms with Gasteiger partial charge in [0.15, 0.2) is 5.43 Å². The fourth-order valence-corrected chi connectivity index (χ4v) is 4.42. The Hall–Kier alpha value is -4.55. The summed E-state index contributed by atoms with van der Waals surface area (Å²) in [5.74, 6) is 0. The quantitative estimate of drug-likeness (QED) is 0.361. The first kappa shape index (κ1) is 21.0. The monoisotopic (exact) mass is 457 g/mol. The predicted octanol–water partition coefficient (Wildman–Crippen LogP) is 5.19. The Morgan fingerprint density at radius 2 is 1.69 bits per heavy atom. The van der Waals surface area contributed by atoms with E-state index in [2.05, 4.69) is 44.5 Å². The van der Waals surface area contributed by atoms with Gasteiger partial charge in [0.05, 0.1) is 27.9 Å². The minimum atomic E-state index is -0.0220. The van der Waals surface area contributed by atoms with Crippen molar-refractivity contribution in [3.05, 3.63) is 125 Å². The van der Waals surface area contributed by atoms with Gasteiger partial charge in [-0.1, -0.05) is 60.7 Å². The SMILES string of the molecule is O=c1c(-c2ccccc2)c(-c2ccc(CNCc3cn4ccccc4n3)cc2)[nH]c2ccncc12. The van der Waals surface area contributed by atoms with Crippen LogP contribution in [0.15, 0.2) is 108 Å². The molecule has 0 atom stereocenters. The van der Waals surface area contributed by atoms with Crippen LogP contribution in [0.5, 0.6) is 0 Å². The molecule has 6 nitrogen and oxygen atoms in total. The van der Waals surface area contributed by atoms with Crippen molar-refractivity contribution in [2.24, 2.45) is 0 Å². The Morgan fingerprint density at radius 3 is 2.51 bits per heavy atom. The number of nitrogens with one attached hydrogen (secondary N) is 2. The van der Waals surface area contributed by atoms with Crippen molar-refractivity contribution in [2.45, 2.75) is 13.1 Å². The Bertz CT molecular complexity index is 1650. The molecule has 0 spiro atoms. The predicted molar refractivity (Wildman–Crippen MR) is 139 cm³/mol. The zero-order valence-corrected chi connectivity index (χ0v) is 19.0. The molecule has 6 aromatic rings. The molecule has 0 saturated heterocycles. The summed E-state index contributed by atoms with van der Waals surface area (Å²) in [7, 11) is 0. The van der Waals surface area contributed by atoms with E-state index in [-0.39, 0.29) is 5.43 Å². The van der Waals surface area contributed by atoms with Crippen molar-refractivity contribution in [1.82, 2.24) is 24.7 Å². The molecular formula is C29H23N5O. The number of fused-ring (bicyclic) bond motifs is 2. The number of imidazole rings is 1. The Labute approximate surface area is 202 Å². The lowest BCUT2D eigenvalue weighted by atomic mass is 9.96. The molecule has 0 saturated carbocycles. The van der Waals surface area contributed by atoms with Crippen LogP contribution in [0.4, 0.5) is 0 Å². The Kier molecular flexibility index (Phi) is 5.41. The van der Waals surface area contributed by atoms with Crippen LogP contribution in [-0.2, 0) is 13.1 Å². The van der Waals surface area contributed by atoms with Gasteiger partial charge >= 0.3 is 0 Å². The van der Waals surface area contributed by atoms with Gasteiger partial charge in [-0.3, -0.25) is 9.78 Å². The molecule has 0 radical (unpaired) electrons. The standard InChI is InChI=1S/C29H23N5O/c35-29-24-18-30-14-13-25(24)33-28(27(29)21-6-2-1-3-7-21)22-11-9-20(10-12-22)16-31-17-23-19-34-15-5-4-8-26(34)32-23/h1-15,18-19,31H,16-17H2,(H,33,35). The third-order valence-electron chi connectivity index (χ3n) is 6.16. The van der Waals surface area contributed by atoms with E-state index in [0.717, 1.165) is 45.8 Å². The molecule has 4 aromatic heterocycles. The normalized spacial score (nSPS) is 11.3. The van der Waals surface area contributed by atoms with Crippen LogP contribution in [0, 0.1) is 0 Å². The van der Waals surface area contributed by atoms with E-state index >= 15 is 0 Å². The number of hydrogen-bond donors (Lipinski definition) is 2. The second kappa shape index (κ2) is 9.00. The van der Waals surface area contributed by atoms with Crippen LogP contribution in [0.1, 0.15) is 11.3 Å². The van der Waals surface area contributed by atoms with Crippen molar-refractivity contribution < 1.29 is 0 Å². The van der Waals surface area contributed by atoms with Crippen molar-refractivity contribution in [2.75, 3.05) is 0 Å². The van der Waals surface area contributed by atoms with Crippen molar-refractivity contribution in [1.29, 1.82) is 0 Å². The minimum Gasteiger partial charge on any atom is -0.354 e. The van der Waals surface area contributed by atoms with Crippen LogP contribution < -0.4 is 10.7 Å². The molecule has 0 aliphatic heterocycles. The van der Waals surface area contributed by atoms with E-state index in [1.165, 1.54) is 0 Å². The summed E-state index contributed by atoms with van der Waals surface area (Å²) in [4.78, 5) is 25.7. The summed E-state index contributed by atoms with van der Waals surface area (Å²) in [5, 5.41) is 4.05. The van der Waals surface area contributed by atoms with Crippen molar-refractivity contribution in [3.8, 4) is 22.4 Å². The molecule has 2 aromatic carbocycles. The highest BCUT2D eigenvalue weighted by Gasteiger charge is 2.15. The number of rotatable bonds is 6. The van der Waals surface area contributed by atoms with E-state index in [0.29, 0.717) is 17.5 Å². The van der Waals surface area contributed by atoms with Crippen LogP contribution in [0.2, 0.25) is 0 Å². The van der Waals surface area contributed by atoms with Crippen LogP contribution in [-0.4, -0.2) is 19.4 Å². The summed E-state index contributed by atoms with van der Waals surface area (Å²) in [6.45, 7) is 1.41. The fourth-order valence-electron chi connectivity index (χ4n) is 4.42. The summed E-state index contributed by atoms with van der Waals surface area (Å²) >= 11 is 0. The first-order chi connectivity index (χ1) is 17.3. The highest BCUT2D eigenvalue weighted by Crippen LogP contribution is 2.30. The lowest BCUT2D eigenvalue weighted by Gasteiger charge is -2.13. The molecule has 0 amide bonds. The Morgan fingerprint density at radius 1 is 0.857 bits per heavy atom. The van der Waals surface area contributed by atoms with Gasteiger partial charge in [-0.05, 0) is 34.9 Å². The first-order valence-corrected chi connectivity index (χ1v) is 11.5. The fraction of sp³-hybridized carbons (Fsp3) is 0.0690. The largest absolute Gasteiger partial charge is 0.354 e. The maximum absolute atomic E-state index is 13.5. The molecule has 35 heavy (non-hydrogen) atoms. The summed E-state index contributed by atoms with van der Waals surface area (Å²) in [6, 6.07) is 25.9. The van der Waals surface area contributed by atoms with Gasteiger partial charge < -0.3 is 14.7 Å². The molecule has 6 rings (SSSR count). The molecule has 0 aliphatic carbocycles. The second-order valence-corrected chi connectivity index (χ2v) is 8.49. The van der Waals surface area contributed by atoms with Crippen LogP contribution in [0.3, 0.4) is 0 Å². The van der Waals surface area contributed by atoms with Crippen molar-refractivity contribution in [3.63, 3.8) is 0 Å². The van der Waals surface area contributed by atoms with E-state index in [9.17, 15) is 4.79 Å². The average molecular weight is 458 g/mol. The first-order valence-electron chi connectivity index (χ1n) is 11.5. The van der Waals surface area contributed by atoms with Crippen LogP contribution >= 0.6 is 0 Å². The molecule has 2 N–H and O–H groups in total. The number of aromatic nitrogens is 4. The summed E-state index contributed by atoms with van der Waals surface area (Å²) in [6.07, 6.45) is 7.37. The maximum atomic E-state index is 13.5. The van der Waals surface area contributed by atoms with Gasteiger partial charge in [0.2, 0.25) is 0 Å². The molecule has 4 heterocycles. The highest BCUT2D eigenvalue weighted by atomic mass is 16.1. The summed E-state index contributed by atoms with van der Waals surface area (Å²) in [5.41, 5.74) is 7.17. The van der Waals surface area contributed by atoms with Gasteiger partial charge in [0, 0.05) is 37.9 Å². The smallest absolute Gasteiger partial charge is 0.199 e. The number of benzene rings is 2. The highest BCUT2D eigenvalue weighted by molar-refractivity contribution is 5.90. The number of nitrogens with zero attached hydrogens (tertiary/aromatic N) is 3. The molecule has 0 bridgehead atoms. The zero-order chi connectivity index (χ0) is 23.6. The Balaban J connectivity index is 1.28. The topological polar surface area (TPSA) is 75.1 Å². The van der Waals surface area contributed by atoms with Gasteiger partial charge in [0.25, 0.3) is 0 Å². The maximum Gasteiger partial charge on any atom is 0.199 e. The van der Waals surface area contributed by atoms with E-state index in [4.69, 9.17) is 0 Å². The number of aromatic amines is 1. The molecular weight excluding hydrogens is 434 g/mol. The average Bonchev–Trinajstić information content (AvgIpc) is 3.32. The number of H-pyrrole nitrogens is 1. The van der Waals surface area contributed by atoms with E-state index < -0.39 is 0 Å². The lowest BCUT2D eigenvalue weighted by molar-refractivity contribution is 0.683.